The number of benzene rings is 1. The zero-order valence-electron chi connectivity index (χ0n) is 13.6. The first-order valence-corrected chi connectivity index (χ1v) is 8.07. The van der Waals surface area contributed by atoms with Gasteiger partial charge in [-0.15, -0.1) is 0 Å². The molecule has 0 saturated carbocycles. The summed E-state index contributed by atoms with van der Waals surface area (Å²) in [6.07, 6.45) is 6.18. The number of esters is 1. The number of nitrogens with zero attached hydrogens (tertiary/aromatic N) is 1. The van der Waals surface area contributed by atoms with Crippen LogP contribution in [0.15, 0.2) is 18.2 Å². The summed E-state index contributed by atoms with van der Waals surface area (Å²) in [5.41, 5.74) is 0.772. The van der Waals surface area contributed by atoms with Gasteiger partial charge in [-0.3, -0.25) is 0 Å². The van der Waals surface area contributed by atoms with Crippen molar-refractivity contribution in [2.45, 2.75) is 52.4 Å². The summed E-state index contributed by atoms with van der Waals surface area (Å²) in [7, 11) is 0. The Kier molecular flexibility index (Phi) is 8.74. The molecule has 0 aliphatic rings. The Balaban J connectivity index is 2.59. The topological polar surface area (TPSA) is 59.3 Å². The van der Waals surface area contributed by atoms with Crippen LogP contribution in [0.5, 0.6) is 5.75 Å². The standard InChI is InChI=1S/C18H25NO3/c1-3-5-7-11-21-17-10-9-15(13-16(17)14-19)18(20)22-12-8-6-4-2/h9-10,13H,3-8,11-12H2,1-2H3. The van der Waals surface area contributed by atoms with Gasteiger partial charge in [-0.05, 0) is 31.0 Å². The Hall–Kier alpha value is -2.02. The normalized spacial score (nSPS) is 10.0. The zero-order valence-corrected chi connectivity index (χ0v) is 13.6. The first-order chi connectivity index (χ1) is 10.7. The zero-order chi connectivity index (χ0) is 16.2. The van der Waals surface area contributed by atoms with Crippen molar-refractivity contribution in [3.05, 3.63) is 29.3 Å². The van der Waals surface area contributed by atoms with E-state index in [1.807, 2.05) is 0 Å². The van der Waals surface area contributed by atoms with Crippen LogP contribution in [0.25, 0.3) is 0 Å². The quantitative estimate of drug-likeness (QED) is 0.472. The van der Waals surface area contributed by atoms with Gasteiger partial charge in [0.2, 0.25) is 0 Å². The van der Waals surface area contributed by atoms with Crippen LogP contribution in [0, 0.1) is 11.3 Å². The second-order valence-electron chi connectivity index (χ2n) is 5.22. The van der Waals surface area contributed by atoms with Gasteiger partial charge in [0, 0.05) is 0 Å². The Morgan fingerprint density at radius 3 is 2.41 bits per heavy atom. The molecule has 0 amide bonds. The fourth-order valence-corrected chi connectivity index (χ4v) is 2.00. The molecule has 0 aliphatic heterocycles. The van der Waals surface area contributed by atoms with Crippen molar-refractivity contribution in [1.82, 2.24) is 0 Å². The van der Waals surface area contributed by atoms with E-state index in [4.69, 9.17) is 9.47 Å². The number of hydrogen-bond acceptors (Lipinski definition) is 4. The summed E-state index contributed by atoms with van der Waals surface area (Å²) in [6, 6.07) is 6.94. The predicted octanol–water partition coefficient (Wildman–Crippen LogP) is 4.47. The molecule has 0 unspecified atom stereocenters. The summed E-state index contributed by atoms with van der Waals surface area (Å²) in [5.74, 6) is 0.145. The molecular weight excluding hydrogens is 278 g/mol. The maximum Gasteiger partial charge on any atom is 0.338 e. The molecule has 0 aromatic heterocycles. The average Bonchev–Trinajstić information content (AvgIpc) is 2.55. The summed E-state index contributed by atoms with van der Waals surface area (Å²) >= 11 is 0. The molecule has 4 heteroatoms. The van der Waals surface area contributed by atoms with E-state index in [0.29, 0.717) is 30.1 Å². The molecule has 0 spiro atoms. The Morgan fingerprint density at radius 2 is 1.77 bits per heavy atom. The van der Waals surface area contributed by atoms with Gasteiger partial charge < -0.3 is 9.47 Å². The number of unbranched alkanes of at least 4 members (excludes halogenated alkanes) is 4. The Morgan fingerprint density at radius 1 is 1.09 bits per heavy atom. The van der Waals surface area contributed by atoms with E-state index >= 15 is 0 Å². The molecule has 120 valence electrons. The van der Waals surface area contributed by atoms with Gasteiger partial charge in [-0.1, -0.05) is 39.5 Å². The smallest absolute Gasteiger partial charge is 0.338 e. The van der Waals surface area contributed by atoms with Gasteiger partial charge in [-0.2, -0.15) is 5.26 Å². The molecule has 0 fully saturated rings. The monoisotopic (exact) mass is 303 g/mol. The SMILES string of the molecule is CCCCCOC(=O)c1ccc(OCCCCC)c(C#N)c1. The van der Waals surface area contributed by atoms with E-state index in [1.54, 1.807) is 12.1 Å². The van der Waals surface area contributed by atoms with Crippen LogP contribution in [0.3, 0.4) is 0 Å². The molecule has 4 nitrogen and oxygen atoms in total. The lowest BCUT2D eigenvalue weighted by Gasteiger charge is -2.09. The largest absolute Gasteiger partial charge is 0.492 e. The minimum absolute atomic E-state index is 0.375. The molecule has 1 aromatic rings. The molecule has 0 aliphatic carbocycles. The van der Waals surface area contributed by atoms with Gasteiger partial charge in [0.05, 0.1) is 24.3 Å². The number of nitriles is 1. The Bertz CT molecular complexity index is 506. The van der Waals surface area contributed by atoms with Gasteiger partial charge in [0.1, 0.15) is 11.8 Å². The van der Waals surface area contributed by atoms with Crippen molar-refractivity contribution in [3.8, 4) is 11.8 Å². The summed E-state index contributed by atoms with van der Waals surface area (Å²) < 4.78 is 10.8. The molecule has 0 radical (unpaired) electrons. The van der Waals surface area contributed by atoms with Gasteiger partial charge in [0.15, 0.2) is 0 Å². The molecule has 0 saturated heterocycles. The third kappa shape index (κ3) is 6.17. The van der Waals surface area contributed by atoms with E-state index in [1.165, 1.54) is 6.07 Å². The second-order valence-corrected chi connectivity index (χ2v) is 5.22. The van der Waals surface area contributed by atoms with E-state index < -0.39 is 0 Å². The molecule has 1 rings (SSSR count). The van der Waals surface area contributed by atoms with Crippen molar-refractivity contribution >= 4 is 5.97 Å². The van der Waals surface area contributed by atoms with Crippen molar-refractivity contribution < 1.29 is 14.3 Å². The van der Waals surface area contributed by atoms with Crippen LogP contribution in [0.4, 0.5) is 0 Å². The fraction of sp³-hybridized carbons (Fsp3) is 0.556. The van der Waals surface area contributed by atoms with Crippen molar-refractivity contribution in [1.29, 1.82) is 5.26 Å². The number of hydrogen-bond donors (Lipinski definition) is 0. The number of carbonyl (C=O) groups is 1. The van der Waals surface area contributed by atoms with Crippen LogP contribution < -0.4 is 4.74 Å². The van der Waals surface area contributed by atoms with Gasteiger partial charge in [0.25, 0.3) is 0 Å². The lowest BCUT2D eigenvalue weighted by molar-refractivity contribution is 0.0498. The van der Waals surface area contributed by atoms with Crippen molar-refractivity contribution in [2.75, 3.05) is 13.2 Å². The fourth-order valence-electron chi connectivity index (χ4n) is 2.00. The molecule has 22 heavy (non-hydrogen) atoms. The van der Waals surface area contributed by atoms with E-state index in [9.17, 15) is 10.1 Å². The van der Waals surface area contributed by atoms with Crippen LogP contribution in [0.1, 0.15) is 68.3 Å². The summed E-state index contributed by atoms with van der Waals surface area (Å²) in [4.78, 5) is 11.9. The highest BCUT2D eigenvalue weighted by Crippen LogP contribution is 2.20. The lowest BCUT2D eigenvalue weighted by Crippen LogP contribution is -2.07. The summed E-state index contributed by atoms with van der Waals surface area (Å²) in [6.45, 7) is 5.23. The second kappa shape index (κ2) is 10.7. The highest BCUT2D eigenvalue weighted by Gasteiger charge is 2.11. The molecular formula is C18H25NO3. The highest BCUT2D eigenvalue weighted by molar-refractivity contribution is 5.90. The van der Waals surface area contributed by atoms with Crippen LogP contribution >= 0.6 is 0 Å². The van der Waals surface area contributed by atoms with E-state index in [2.05, 4.69) is 19.9 Å². The number of carbonyl (C=O) groups excluding carboxylic acids is 1. The van der Waals surface area contributed by atoms with Crippen LogP contribution in [0.2, 0.25) is 0 Å². The Labute approximate surface area is 133 Å². The van der Waals surface area contributed by atoms with Crippen LogP contribution in [-0.2, 0) is 4.74 Å². The maximum absolute atomic E-state index is 11.9. The minimum atomic E-state index is -0.384. The average molecular weight is 303 g/mol. The molecule has 0 N–H and O–H groups in total. The number of rotatable bonds is 10. The maximum atomic E-state index is 11.9. The molecule has 0 heterocycles. The first-order valence-electron chi connectivity index (χ1n) is 8.07. The molecule has 0 atom stereocenters. The van der Waals surface area contributed by atoms with Gasteiger partial charge in [-0.25, -0.2) is 4.79 Å². The number of ether oxygens (including phenoxy) is 2. The van der Waals surface area contributed by atoms with E-state index in [0.717, 1.165) is 38.5 Å². The van der Waals surface area contributed by atoms with Gasteiger partial charge >= 0.3 is 5.97 Å². The highest BCUT2D eigenvalue weighted by atomic mass is 16.5. The third-order valence-corrected chi connectivity index (χ3v) is 3.32. The van der Waals surface area contributed by atoms with Crippen molar-refractivity contribution in [2.24, 2.45) is 0 Å². The minimum Gasteiger partial charge on any atom is -0.492 e. The first kappa shape index (κ1) is 18.0. The lowest BCUT2D eigenvalue weighted by atomic mass is 10.1. The van der Waals surface area contributed by atoms with Crippen molar-refractivity contribution in [3.63, 3.8) is 0 Å². The third-order valence-electron chi connectivity index (χ3n) is 3.32. The van der Waals surface area contributed by atoms with Crippen LogP contribution in [-0.4, -0.2) is 19.2 Å². The van der Waals surface area contributed by atoms with E-state index in [-0.39, 0.29) is 5.97 Å². The summed E-state index contributed by atoms with van der Waals surface area (Å²) in [5, 5.41) is 9.19. The molecule has 1 aromatic carbocycles. The predicted molar refractivity (Wildman–Crippen MR) is 86.0 cm³/mol. The molecule has 0 bridgehead atoms.